The molecule has 0 saturated heterocycles. The fourth-order valence-corrected chi connectivity index (χ4v) is 3.58. The standard InChI is InChI=1S/C12H12BrN3O4S/c1-7-10(13)2-8(12(17)18)3-11(7)21(19,20)16-5-9-4-14-6-15-9/h2-4,6,16H,5H2,1H3,(H,14,15)(H,17,18). The molecule has 0 amide bonds. The van der Waals surface area contributed by atoms with Crippen LogP contribution < -0.4 is 4.72 Å². The van der Waals surface area contributed by atoms with E-state index in [1.165, 1.54) is 18.6 Å². The van der Waals surface area contributed by atoms with Crippen LogP contribution in [-0.4, -0.2) is 29.5 Å². The number of carbonyl (C=O) groups is 1. The number of carboxylic acid groups (broad SMARTS) is 1. The molecule has 0 bridgehead atoms. The summed E-state index contributed by atoms with van der Waals surface area (Å²) < 4.78 is 27.5. The molecule has 0 fully saturated rings. The van der Waals surface area contributed by atoms with Gasteiger partial charge < -0.3 is 10.1 Å². The van der Waals surface area contributed by atoms with Crippen LogP contribution in [0, 0.1) is 6.92 Å². The van der Waals surface area contributed by atoms with Gasteiger partial charge in [0, 0.05) is 16.4 Å². The van der Waals surface area contributed by atoms with Gasteiger partial charge in [-0.3, -0.25) is 0 Å². The second kappa shape index (κ2) is 5.96. The lowest BCUT2D eigenvalue weighted by molar-refractivity contribution is 0.0696. The van der Waals surface area contributed by atoms with Crippen molar-refractivity contribution >= 4 is 31.9 Å². The quantitative estimate of drug-likeness (QED) is 0.737. The SMILES string of the molecule is Cc1c(Br)cc(C(=O)O)cc1S(=O)(=O)NCc1cnc[nH]1. The lowest BCUT2D eigenvalue weighted by Gasteiger charge is -2.11. The average Bonchev–Trinajstić information content (AvgIpc) is 2.92. The summed E-state index contributed by atoms with van der Waals surface area (Å²) in [4.78, 5) is 17.5. The van der Waals surface area contributed by atoms with Gasteiger partial charge in [0.25, 0.3) is 0 Å². The van der Waals surface area contributed by atoms with Gasteiger partial charge in [0.2, 0.25) is 10.0 Å². The Bertz CT molecular complexity index is 772. The number of aromatic nitrogens is 2. The molecule has 2 aromatic rings. The molecule has 0 unspecified atom stereocenters. The van der Waals surface area contributed by atoms with E-state index in [0.29, 0.717) is 15.7 Å². The average molecular weight is 374 g/mol. The van der Waals surface area contributed by atoms with Crippen LogP contribution in [0.5, 0.6) is 0 Å². The van der Waals surface area contributed by atoms with Crippen LogP contribution in [0.15, 0.2) is 34.0 Å². The normalized spacial score (nSPS) is 11.5. The van der Waals surface area contributed by atoms with Gasteiger partial charge in [0.05, 0.1) is 23.3 Å². The molecule has 2 rings (SSSR count). The highest BCUT2D eigenvalue weighted by molar-refractivity contribution is 9.10. The third-order valence-corrected chi connectivity index (χ3v) is 5.19. The molecule has 0 saturated carbocycles. The molecule has 9 heteroatoms. The van der Waals surface area contributed by atoms with Gasteiger partial charge in [0.1, 0.15) is 0 Å². The zero-order chi connectivity index (χ0) is 15.6. The Hall–Kier alpha value is -1.71. The zero-order valence-electron chi connectivity index (χ0n) is 10.9. The number of rotatable bonds is 5. The van der Waals surface area contributed by atoms with E-state index in [4.69, 9.17) is 5.11 Å². The fraction of sp³-hybridized carbons (Fsp3) is 0.167. The minimum Gasteiger partial charge on any atom is -0.478 e. The lowest BCUT2D eigenvalue weighted by Crippen LogP contribution is -2.24. The number of sulfonamides is 1. The van der Waals surface area contributed by atoms with Crippen LogP contribution in [0.2, 0.25) is 0 Å². The predicted octanol–water partition coefficient (Wildman–Crippen LogP) is 1.66. The molecule has 1 aromatic heterocycles. The number of hydrogen-bond donors (Lipinski definition) is 3. The van der Waals surface area contributed by atoms with Gasteiger partial charge in [-0.1, -0.05) is 15.9 Å². The number of imidazole rings is 1. The number of hydrogen-bond acceptors (Lipinski definition) is 4. The molecule has 0 aliphatic rings. The van der Waals surface area contributed by atoms with Crippen molar-refractivity contribution in [2.24, 2.45) is 0 Å². The molecule has 0 spiro atoms. The molecule has 0 aliphatic heterocycles. The minimum atomic E-state index is -3.84. The molecular weight excluding hydrogens is 362 g/mol. The second-order valence-corrected chi connectivity index (χ2v) is 6.88. The van der Waals surface area contributed by atoms with E-state index in [0.717, 1.165) is 6.07 Å². The van der Waals surface area contributed by atoms with E-state index < -0.39 is 16.0 Å². The molecule has 0 radical (unpaired) electrons. The number of nitrogens with zero attached hydrogens (tertiary/aromatic N) is 1. The number of H-pyrrole nitrogens is 1. The Morgan fingerprint density at radius 2 is 2.19 bits per heavy atom. The maximum absolute atomic E-state index is 12.3. The van der Waals surface area contributed by atoms with Gasteiger partial charge in [-0.2, -0.15) is 0 Å². The van der Waals surface area contributed by atoms with E-state index in [2.05, 4.69) is 30.6 Å². The number of nitrogens with one attached hydrogen (secondary N) is 2. The van der Waals surface area contributed by atoms with Crippen molar-refractivity contribution < 1.29 is 18.3 Å². The van der Waals surface area contributed by atoms with Gasteiger partial charge >= 0.3 is 5.97 Å². The van der Waals surface area contributed by atoms with Crippen LogP contribution in [0.1, 0.15) is 21.6 Å². The largest absolute Gasteiger partial charge is 0.478 e. The van der Waals surface area contributed by atoms with E-state index in [-0.39, 0.29) is 17.0 Å². The van der Waals surface area contributed by atoms with Crippen molar-refractivity contribution in [1.29, 1.82) is 0 Å². The summed E-state index contributed by atoms with van der Waals surface area (Å²) in [5, 5.41) is 9.02. The first-order chi connectivity index (χ1) is 9.81. The highest BCUT2D eigenvalue weighted by Gasteiger charge is 2.21. The summed E-state index contributed by atoms with van der Waals surface area (Å²) in [5.41, 5.74) is 0.941. The summed E-state index contributed by atoms with van der Waals surface area (Å²) in [6.07, 6.45) is 2.94. The van der Waals surface area contributed by atoms with Gasteiger partial charge in [-0.05, 0) is 24.6 Å². The lowest BCUT2D eigenvalue weighted by atomic mass is 10.1. The molecule has 1 heterocycles. The fourth-order valence-electron chi connectivity index (χ4n) is 1.69. The molecular formula is C12H12BrN3O4S. The number of benzene rings is 1. The number of aromatic amines is 1. The van der Waals surface area contributed by atoms with Crippen molar-refractivity contribution in [2.45, 2.75) is 18.4 Å². The van der Waals surface area contributed by atoms with Crippen molar-refractivity contribution in [2.75, 3.05) is 0 Å². The van der Waals surface area contributed by atoms with Crippen LogP contribution in [0.4, 0.5) is 0 Å². The molecule has 0 atom stereocenters. The Morgan fingerprint density at radius 3 is 2.76 bits per heavy atom. The van der Waals surface area contributed by atoms with Crippen LogP contribution in [0.25, 0.3) is 0 Å². The smallest absolute Gasteiger partial charge is 0.335 e. The molecule has 7 nitrogen and oxygen atoms in total. The highest BCUT2D eigenvalue weighted by atomic mass is 79.9. The van der Waals surface area contributed by atoms with Gasteiger partial charge in [-0.15, -0.1) is 0 Å². The molecule has 1 aromatic carbocycles. The Kier molecular flexibility index (Phi) is 4.45. The van der Waals surface area contributed by atoms with E-state index in [9.17, 15) is 13.2 Å². The Labute approximate surface area is 129 Å². The topological polar surface area (TPSA) is 112 Å². The van der Waals surface area contributed by atoms with E-state index in [1.807, 2.05) is 0 Å². The van der Waals surface area contributed by atoms with Crippen molar-refractivity contribution in [1.82, 2.24) is 14.7 Å². The second-order valence-electron chi connectivity index (χ2n) is 4.29. The number of halogens is 1. The van der Waals surface area contributed by atoms with Crippen LogP contribution >= 0.6 is 15.9 Å². The summed E-state index contributed by atoms with van der Waals surface area (Å²) >= 11 is 3.18. The summed E-state index contributed by atoms with van der Waals surface area (Å²) in [6, 6.07) is 2.50. The summed E-state index contributed by atoms with van der Waals surface area (Å²) in [7, 11) is -3.84. The van der Waals surface area contributed by atoms with E-state index >= 15 is 0 Å². The summed E-state index contributed by atoms with van der Waals surface area (Å²) in [6.45, 7) is 1.64. The van der Waals surface area contributed by atoms with Gasteiger partial charge in [-0.25, -0.2) is 22.9 Å². The third-order valence-electron chi connectivity index (χ3n) is 2.84. The molecule has 3 N–H and O–H groups in total. The Balaban J connectivity index is 2.37. The highest BCUT2D eigenvalue weighted by Crippen LogP contribution is 2.26. The zero-order valence-corrected chi connectivity index (χ0v) is 13.3. The monoisotopic (exact) mass is 373 g/mol. The predicted molar refractivity (Wildman–Crippen MR) is 78.5 cm³/mol. The van der Waals surface area contributed by atoms with Crippen molar-refractivity contribution in [3.05, 3.63) is 46.0 Å². The maximum atomic E-state index is 12.3. The van der Waals surface area contributed by atoms with Gasteiger partial charge in [0.15, 0.2) is 0 Å². The third kappa shape index (κ3) is 3.49. The van der Waals surface area contributed by atoms with E-state index in [1.54, 1.807) is 6.92 Å². The van der Waals surface area contributed by atoms with Crippen molar-refractivity contribution in [3.63, 3.8) is 0 Å². The molecule has 112 valence electrons. The minimum absolute atomic E-state index is 0.0384. The molecule has 0 aliphatic carbocycles. The van der Waals surface area contributed by atoms with Crippen molar-refractivity contribution in [3.8, 4) is 0 Å². The first kappa shape index (κ1) is 15.7. The Morgan fingerprint density at radius 1 is 1.48 bits per heavy atom. The first-order valence-electron chi connectivity index (χ1n) is 5.81. The van der Waals surface area contributed by atoms with Crippen LogP contribution in [-0.2, 0) is 16.6 Å². The summed E-state index contributed by atoms with van der Waals surface area (Å²) in [5.74, 6) is -1.19. The van der Waals surface area contributed by atoms with Crippen LogP contribution in [0.3, 0.4) is 0 Å². The number of aromatic carboxylic acids is 1. The maximum Gasteiger partial charge on any atom is 0.335 e. The molecule has 21 heavy (non-hydrogen) atoms. The number of carboxylic acids is 1. The first-order valence-corrected chi connectivity index (χ1v) is 8.09.